The van der Waals surface area contributed by atoms with Crippen molar-refractivity contribution in [2.75, 3.05) is 32.8 Å². The van der Waals surface area contributed by atoms with Crippen LogP contribution in [0.3, 0.4) is 0 Å². The number of aryl methyl sites for hydroxylation is 1. The summed E-state index contributed by atoms with van der Waals surface area (Å²) in [6.45, 7) is 6.34. The Morgan fingerprint density at radius 3 is 2.57 bits per heavy atom. The van der Waals surface area contributed by atoms with E-state index >= 15 is 0 Å². The van der Waals surface area contributed by atoms with Crippen LogP contribution in [0.25, 0.3) is 0 Å². The Kier molecular flexibility index (Phi) is 4.61. The minimum atomic E-state index is -0.269. The molecule has 2 amide bonds. The lowest BCUT2D eigenvalue weighted by Gasteiger charge is -2.37. The predicted molar refractivity (Wildman–Crippen MR) is 81.4 cm³/mol. The van der Waals surface area contributed by atoms with E-state index in [1.165, 1.54) is 0 Å². The molecule has 126 valence electrons. The Labute approximate surface area is 135 Å². The fourth-order valence-corrected chi connectivity index (χ4v) is 3.21. The maximum absolute atomic E-state index is 12.7. The number of hydrogen-bond acceptors (Lipinski definition) is 5. The van der Waals surface area contributed by atoms with Crippen molar-refractivity contribution in [3.63, 3.8) is 0 Å². The highest BCUT2D eigenvalue weighted by Crippen LogP contribution is 2.24. The van der Waals surface area contributed by atoms with Crippen LogP contribution in [0.4, 0.5) is 0 Å². The van der Waals surface area contributed by atoms with Gasteiger partial charge in [-0.05, 0) is 19.8 Å². The Hall–Kier alpha value is -1.96. The van der Waals surface area contributed by atoms with Gasteiger partial charge in [0.2, 0.25) is 11.8 Å². The fourth-order valence-electron chi connectivity index (χ4n) is 3.21. The first kappa shape index (κ1) is 15.9. The van der Waals surface area contributed by atoms with Crippen LogP contribution in [-0.2, 0) is 14.3 Å². The standard InChI is InChI=1S/C15H23N5O3/c1-10-16-14(18-17-10)13-9-20(7-8-23-13)15(22)12-3-5-19(6-4-12)11(2)21/h12-13H,3-9H2,1-2H3,(H,16,17,18). The second-order valence-electron chi connectivity index (χ2n) is 6.20. The van der Waals surface area contributed by atoms with Gasteiger partial charge in [-0.1, -0.05) is 0 Å². The van der Waals surface area contributed by atoms with Crippen molar-refractivity contribution in [1.29, 1.82) is 0 Å². The first-order valence-corrected chi connectivity index (χ1v) is 8.09. The minimum Gasteiger partial charge on any atom is -0.366 e. The summed E-state index contributed by atoms with van der Waals surface area (Å²) in [4.78, 5) is 32.1. The molecule has 0 bridgehead atoms. The highest BCUT2D eigenvalue weighted by Gasteiger charge is 2.33. The summed E-state index contributed by atoms with van der Waals surface area (Å²) in [5.74, 6) is 1.59. The normalized spacial score (nSPS) is 23.1. The van der Waals surface area contributed by atoms with Gasteiger partial charge in [-0.15, -0.1) is 0 Å². The number of rotatable bonds is 2. The molecule has 0 aliphatic carbocycles. The van der Waals surface area contributed by atoms with E-state index in [0.717, 1.165) is 18.7 Å². The van der Waals surface area contributed by atoms with E-state index in [1.54, 1.807) is 6.92 Å². The number of hydrogen-bond donors (Lipinski definition) is 1. The molecule has 8 nitrogen and oxygen atoms in total. The van der Waals surface area contributed by atoms with Gasteiger partial charge in [-0.2, -0.15) is 5.10 Å². The van der Waals surface area contributed by atoms with Crippen LogP contribution in [-0.4, -0.2) is 69.6 Å². The van der Waals surface area contributed by atoms with Gasteiger partial charge in [0, 0.05) is 32.5 Å². The third-order valence-corrected chi connectivity index (χ3v) is 4.57. The van der Waals surface area contributed by atoms with Crippen molar-refractivity contribution < 1.29 is 14.3 Å². The Bertz CT molecular complexity index is 579. The maximum Gasteiger partial charge on any atom is 0.225 e. The monoisotopic (exact) mass is 321 g/mol. The average molecular weight is 321 g/mol. The molecule has 0 aromatic carbocycles. The van der Waals surface area contributed by atoms with Crippen LogP contribution in [0.1, 0.15) is 37.5 Å². The quantitative estimate of drug-likeness (QED) is 0.844. The van der Waals surface area contributed by atoms with Crippen LogP contribution in [0.5, 0.6) is 0 Å². The van der Waals surface area contributed by atoms with Crippen molar-refractivity contribution in [3.05, 3.63) is 11.6 Å². The van der Waals surface area contributed by atoms with E-state index in [9.17, 15) is 9.59 Å². The molecule has 3 heterocycles. The highest BCUT2D eigenvalue weighted by atomic mass is 16.5. The molecule has 1 N–H and O–H groups in total. The maximum atomic E-state index is 12.7. The van der Waals surface area contributed by atoms with Crippen molar-refractivity contribution in [2.24, 2.45) is 5.92 Å². The van der Waals surface area contributed by atoms with Crippen molar-refractivity contribution in [3.8, 4) is 0 Å². The van der Waals surface area contributed by atoms with Crippen LogP contribution in [0, 0.1) is 12.8 Å². The predicted octanol–water partition coefficient (Wildman–Crippen LogP) is 0.272. The fraction of sp³-hybridized carbons (Fsp3) is 0.733. The number of nitrogens with zero attached hydrogens (tertiary/aromatic N) is 4. The Balaban J connectivity index is 1.58. The third kappa shape index (κ3) is 3.52. The summed E-state index contributed by atoms with van der Waals surface area (Å²) in [5, 5.41) is 6.94. The first-order chi connectivity index (χ1) is 11.0. The molecule has 2 aliphatic rings. The lowest BCUT2D eigenvalue weighted by molar-refractivity contribution is -0.146. The molecule has 0 spiro atoms. The summed E-state index contributed by atoms with van der Waals surface area (Å²) < 4.78 is 5.70. The van der Waals surface area contributed by atoms with E-state index in [2.05, 4.69) is 15.2 Å². The summed E-state index contributed by atoms with van der Waals surface area (Å²) >= 11 is 0. The zero-order chi connectivity index (χ0) is 16.4. The van der Waals surface area contributed by atoms with Gasteiger partial charge in [-0.25, -0.2) is 4.98 Å². The van der Waals surface area contributed by atoms with Crippen LogP contribution < -0.4 is 0 Å². The number of aromatic nitrogens is 3. The summed E-state index contributed by atoms with van der Waals surface area (Å²) in [6.07, 6.45) is 1.20. The molecule has 2 aliphatic heterocycles. The summed E-state index contributed by atoms with van der Waals surface area (Å²) in [5.41, 5.74) is 0. The molecular weight excluding hydrogens is 298 g/mol. The zero-order valence-corrected chi connectivity index (χ0v) is 13.6. The molecule has 1 aromatic heterocycles. The van der Waals surface area contributed by atoms with E-state index in [-0.39, 0.29) is 23.8 Å². The van der Waals surface area contributed by atoms with Crippen molar-refractivity contribution >= 4 is 11.8 Å². The van der Waals surface area contributed by atoms with Gasteiger partial charge < -0.3 is 14.5 Å². The number of carbonyl (C=O) groups is 2. The van der Waals surface area contributed by atoms with Crippen LogP contribution in [0.15, 0.2) is 0 Å². The summed E-state index contributed by atoms with van der Waals surface area (Å²) in [7, 11) is 0. The average Bonchev–Trinajstić information content (AvgIpc) is 3.01. The molecule has 1 aromatic rings. The number of likely N-dealkylation sites (tertiary alicyclic amines) is 1. The van der Waals surface area contributed by atoms with Gasteiger partial charge in [0.05, 0.1) is 13.2 Å². The topological polar surface area (TPSA) is 91.4 Å². The molecule has 0 saturated carbocycles. The smallest absolute Gasteiger partial charge is 0.225 e. The minimum absolute atomic E-state index is 0.00164. The number of ether oxygens (including phenoxy) is 1. The van der Waals surface area contributed by atoms with Gasteiger partial charge in [-0.3, -0.25) is 14.7 Å². The van der Waals surface area contributed by atoms with E-state index in [1.807, 2.05) is 16.7 Å². The van der Waals surface area contributed by atoms with Gasteiger partial charge in [0.1, 0.15) is 11.9 Å². The van der Waals surface area contributed by atoms with Crippen molar-refractivity contribution in [2.45, 2.75) is 32.8 Å². The molecule has 2 fully saturated rings. The van der Waals surface area contributed by atoms with Crippen LogP contribution in [0.2, 0.25) is 0 Å². The summed E-state index contributed by atoms with van der Waals surface area (Å²) in [6, 6.07) is 0. The van der Waals surface area contributed by atoms with Gasteiger partial charge in [0.15, 0.2) is 5.82 Å². The van der Waals surface area contributed by atoms with Gasteiger partial charge >= 0.3 is 0 Å². The number of aromatic amines is 1. The number of amides is 2. The van der Waals surface area contributed by atoms with Gasteiger partial charge in [0.25, 0.3) is 0 Å². The molecule has 8 heteroatoms. The lowest BCUT2D eigenvalue weighted by Crippen LogP contribution is -2.48. The molecule has 1 unspecified atom stereocenters. The number of nitrogens with one attached hydrogen (secondary N) is 1. The molecule has 3 rings (SSSR count). The molecule has 0 radical (unpaired) electrons. The second kappa shape index (κ2) is 6.66. The molecule has 23 heavy (non-hydrogen) atoms. The number of morpholine rings is 1. The number of piperidine rings is 1. The highest BCUT2D eigenvalue weighted by molar-refractivity contribution is 5.80. The zero-order valence-electron chi connectivity index (χ0n) is 13.6. The SMILES string of the molecule is CC(=O)N1CCC(C(=O)N2CCOC(c3n[nH]c(C)n3)C2)CC1. The Morgan fingerprint density at radius 2 is 1.96 bits per heavy atom. The number of H-pyrrole nitrogens is 1. The molecule has 2 saturated heterocycles. The van der Waals surface area contributed by atoms with E-state index in [0.29, 0.717) is 38.6 Å². The Morgan fingerprint density at radius 1 is 1.22 bits per heavy atom. The van der Waals surface area contributed by atoms with E-state index < -0.39 is 0 Å². The second-order valence-corrected chi connectivity index (χ2v) is 6.20. The molecular formula is C15H23N5O3. The third-order valence-electron chi connectivity index (χ3n) is 4.57. The van der Waals surface area contributed by atoms with Crippen LogP contribution >= 0.6 is 0 Å². The first-order valence-electron chi connectivity index (χ1n) is 8.09. The van der Waals surface area contributed by atoms with E-state index in [4.69, 9.17) is 4.74 Å². The molecule has 1 atom stereocenters. The lowest BCUT2D eigenvalue weighted by atomic mass is 9.95. The largest absolute Gasteiger partial charge is 0.366 e. The number of carbonyl (C=O) groups excluding carboxylic acids is 2. The van der Waals surface area contributed by atoms with Crippen molar-refractivity contribution in [1.82, 2.24) is 25.0 Å².